The lowest BCUT2D eigenvalue weighted by Gasteiger charge is -2.10. The zero-order valence-electron chi connectivity index (χ0n) is 7.50. The summed E-state index contributed by atoms with van der Waals surface area (Å²) in [6.45, 7) is 0.468. The molecule has 2 nitrogen and oxygen atoms in total. The van der Waals surface area contributed by atoms with E-state index in [1.165, 1.54) is 0 Å². The van der Waals surface area contributed by atoms with Crippen molar-refractivity contribution >= 4 is 29.8 Å². The molecule has 0 spiro atoms. The van der Waals surface area contributed by atoms with Crippen LogP contribution in [0.15, 0.2) is 24.3 Å². The van der Waals surface area contributed by atoms with Gasteiger partial charge in [0.2, 0.25) is 0 Å². The van der Waals surface area contributed by atoms with Crippen LogP contribution in [0.2, 0.25) is 5.02 Å². The van der Waals surface area contributed by atoms with Gasteiger partial charge < -0.3 is 5.32 Å². The van der Waals surface area contributed by atoms with Crippen LogP contribution >= 0.6 is 24.0 Å². The van der Waals surface area contributed by atoms with Crippen molar-refractivity contribution in [3.63, 3.8) is 0 Å². The number of rotatable bonds is 1. The van der Waals surface area contributed by atoms with Crippen molar-refractivity contribution in [1.82, 2.24) is 5.32 Å². The lowest BCUT2D eigenvalue weighted by atomic mass is 10.1. The molecule has 76 valence electrons. The van der Waals surface area contributed by atoms with E-state index < -0.39 is 0 Å². The lowest BCUT2D eigenvalue weighted by Crippen LogP contribution is -2.13. The summed E-state index contributed by atoms with van der Waals surface area (Å²) in [6.07, 6.45) is 0.559. The molecular weight excluding hydrogens is 221 g/mol. The van der Waals surface area contributed by atoms with E-state index in [9.17, 15) is 4.79 Å². The Labute approximate surface area is 94.1 Å². The van der Waals surface area contributed by atoms with Crippen molar-refractivity contribution in [2.45, 2.75) is 12.5 Å². The molecule has 1 saturated heterocycles. The Kier molecular flexibility index (Phi) is 3.93. The normalized spacial score (nSPS) is 20.6. The Hall–Kier alpha value is -0.570. The molecule has 1 fully saturated rings. The summed E-state index contributed by atoms with van der Waals surface area (Å²) in [5.41, 5.74) is 1.02. The van der Waals surface area contributed by atoms with Crippen LogP contribution < -0.4 is 5.32 Å². The quantitative estimate of drug-likeness (QED) is 0.805. The molecule has 0 aliphatic carbocycles. The molecule has 0 bridgehead atoms. The number of Topliss-reactive ketones (excluding diaryl/α,β-unsaturated/α-hetero) is 1. The summed E-state index contributed by atoms with van der Waals surface area (Å²) in [7, 11) is 0. The Morgan fingerprint density at radius 2 is 2.07 bits per heavy atom. The highest BCUT2D eigenvalue weighted by Crippen LogP contribution is 2.27. The molecule has 1 aliphatic heterocycles. The highest BCUT2D eigenvalue weighted by Gasteiger charge is 2.23. The van der Waals surface area contributed by atoms with Crippen molar-refractivity contribution < 1.29 is 4.79 Å². The third-order valence-corrected chi connectivity index (χ3v) is 2.60. The fraction of sp³-hybridized carbons (Fsp3) is 0.300. The number of ketones is 1. The molecule has 1 atom stereocenters. The van der Waals surface area contributed by atoms with Gasteiger partial charge in [-0.05, 0) is 11.6 Å². The molecule has 2 rings (SSSR count). The first kappa shape index (κ1) is 11.5. The van der Waals surface area contributed by atoms with E-state index in [1.54, 1.807) is 0 Å². The summed E-state index contributed by atoms with van der Waals surface area (Å²) >= 11 is 6.00. The molecule has 0 radical (unpaired) electrons. The molecule has 1 aromatic rings. The van der Waals surface area contributed by atoms with Crippen LogP contribution in [-0.2, 0) is 4.79 Å². The summed E-state index contributed by atoms with van der Waals surface area (Å²) in [6, 6.07) is 7.75. The van der Waals surface area contributed by atoms with Gasteiger partial charge in [-0.1, -0.05) is 29.8 Å². The van der Waals surface area contributed by atoms with E-state index in [-0.39, 0.29) is 24.2 Å². The smallest absolute Gasteiger partial charge is 0.148 e. The first-order valence-corrected chi connectivity index (χ1v) is 4.64. The molecule has 1 heterocycles. The number of carbonyl (C=O) groups is 1. The zero-order valence-corrected chi connectivity index (χ0v) is 9.07. The van der Waals surface area contributed by atoms with Crippen molar-refractivity contribution in [2.24, 2.45) is 0 Å². The van der Waals surface area contributed by atoms with E-state index in [0.717, 1.165) is 10.6 Å². The molecule has 1 unspecified atom stereocenters. The minimum absolute atomic E-state index is 0. The molecule has 14 heavy (non-hydrogen) atoms. The average molecular weight is 232 g/mol. The van der Waals surface area contributed by atoms with Crippen LogP contribution in [0.25, 0.3) is 0 Å². The molecule has 1 N–H and O–H groups in total. The molecule has 0 amide bonds. The van der Waals surface area contributed by atoms with Crippen LogP contribution in [0.3, 0.4) is 0 Å². The number of halogens is 2. The minimum Gasteiger partial charge on any atom is -0.303 e. The van der Waals surface area contributed by atoms with Gasteiger partial charge in [0.05, 0.1) is 6.54 Å². The summed E-state index contributed by atoms with van der Waals surface area (Å²) in [5, 5.41) is 3.86. The largest absolute Gasteiger partial charge is 0.303 e. The van der Waals surface area contributed by atoms with E-state index >= 15 is 0 Å². The first-order valence-electron chi connectivity index (χ1n) is 4.27. The second kappa shape index (κ2) is 4.78. The van der Waals surface area contributed by atoms with Crippen molar-refractivity contribution in [3.8, 4) is 0 Å². The Bertz CT molecular complexity index is 341. The molecule has 0 aromatic heterocycles. The third kappa shape index (κ3) is 2.27. The van der Waals surface area contributed by atoms with Gasteiger partial charge in [0.25, 0.3) is 0 Å². The highest BCUT2D eigenvalue weighted by atomic mass is 35.5. The molecule has 1 aromatic carbocycles. The summed E-state index contributed by atoms with van der Waals surface area (Å²) < 4.78 is 0. The molecule has 4 heteroatoms. The van der Waals surface area contributed by atoms with Crippen LogP contribution in [-0.4, -0.2) is 12.3 Å². The van der Waals surface area contributed by atoms with Crippen LogP contribution in [0, 0.1) is 0 Å². The average Bonchev–Trinajstić information content (AvgIpc) is 2.53. The molecule has 1 aliphatic rings. The van der Waals surface area contributed by atoms with Gasteiger partial charge in [0.1, 0.15) is 5.78 Å². The summed E-state index contributed by atoms with van der Waals surface area (Å²) in [4.78, 5) is 11.0. The predicted octanol–water partition coefficient (Wildman–Crippen LogP) is 2.37. The maximum atomic E-state index is 11.0. The standard InChI is InChI=1S/C10H10ClNO.ClH/c11-9-4-2-1-3-8(9)10-5-7(13)6-12-10;/h1-4,10,12H,5-6H2;1H. The van der Waals surface area contributed by atoms with Gasteiger partial charge in [0.15, 0.2) is 0 Å². The van der Waals surface area contributed by atoms with Crippen molar-refractivity contribution in [1.29, 1.82) is 0 Å². The SMILES string of the molecule is Cl.O=C1CNC(c2ccccc2Cl)C1. The maximum Gasteiger partial charge on any atom is 0.148 e. The number of nitrogens with one attached hydrogen (secondary N) is 1. The Morgan fingerprint density at radius 3 is 2.64 bits per heavy atom. The van der Waals surface area contributed by atoms with E-state index in [1.807, 2.05) is 24.3 Å². The van der Waals surface area contributed by atoms with Gasteiger partial charge in [-0.2, -0.15) is 0 Å². The number of benzene rings is 1. The Morgan fingerprint density at radius 1 is 1.36 bits per heavy atom. The van der Waals surface area contributed by atoms with Gasteiger partial charge in [-0.3, -0.25) is 4.79 Å². The highest BCUT2D eigenvalue weighted by molar-refractivity contribution is 6.31. The molecule has 0 saturated carbocycles. The van der Waals surface area contributed by atoms with Gasteiger partial charge in [-0.15, -0.1) is 12.4 Å². The minimum atomic E-state index is 0. The Balaban J connectivity index is 0.000000980. The first-order chi connectivity index (χ1) is 6.27. The second-order valence-corrected chi connectivity index (χ2v) is 3.60. The van der Waals surface area contributed by atoms with E-state index in [4.69, 9.17) is 11.6 Å². The van der Waals surface area contributed by atoms with Gasteiger partial charge in [-0.25, -0.2) is 0 Å². The number of carbonyl (C=O) groups excluding carboxylic acids is 1. The van der Waals surface area contributed by atoms with Crippen LogP contribution in [0.4, 0.5) is 0 Å². The van der Waals surface area contributed by atoms with Crippen LogP contribution in [0.1, 0.15) is 18.0 Å². The second-order valence-electron chi connectivity index (χ2n) is 3.20. The van der Waals surface area contributed by atoms with Crippen molar-refractivity contribution in [2.75, 3.05) is 6.54 Å². The van der Waals surface area contributed by atoms with E-state index in [2.05, 4.69) is 5.32 Å². The fourth-order valence-electron chi connectivity index (χ4n) is 1.59. The van der Waals surface area contributed by atoms with E-state index in [0.29, 0.717) is 13.0 Å². The van der Waals surface area contributed by atoms with Gasteiger partial charge >= 0.3 is 0 Å². The number of hydrogen-bond donors (Lipinski definition) is 1. The zero-order chi connectivity index (χ0) is 9.26. The maximum absolute atomic E-state index is 11.0. The van der Waals surface area contributed by atoms with Crippen LogP contribution in [0.5, 0.6) is 0 Å². The fourth-order valence-corrected chi connectivity index (χ4v) is 1.85. The third-order valence-electron chi connectivity index (χ3n) is 2.26. The predicted molar refractivity (Wildman–Crippen MR) is 59.1 cm³/mol. The molecular formula is C10H11Cl2NO. The number of hydrogen-bond acceptors (Lipinski definition) is 2. The monoisotopic (exact) mass is 231 g/mol. The van der Waals surface area contributed by atoms with Crippen molar-refractivity contribution in [3.05, 3.63) is 34.9 Å². The lowest BCUT2D eigenvalue weighted by molar-refractivity contribution is -0.116. The topological polar surface area (TPSA) is 29.1 Å². The summed E-state index contributed by atoms with van der Waals surface area (Å²) in [5.74, 6) is 0.255. The van der Waals surface area contributed by atoms with Gasteiger partial charge in [0, 0.05) is 17.5 Å².